The molecule has 2 N–H and O–H groups in total. The van der Waals surface area contributed by atoms with Crippen LogP contribution >= 0.6 is 0 Å². The number of rotatable bonds is 1. The topological polar surface area (TPSA) is 66.8 Å². The fourth-order valence-corrected chi connectivity index (χ4v) is 4.82. The largest absolute Gasteiger partial charge is 0.458 e. The molecule has 1 fully saturated rings. The molecule has 2 aliphatic carbocycles. The van der Waals surface area contributed by atoms with Gasteiger partial charge in [0, 0.05) is 24.5 Å². The maximum absolute atomic E-state index is 11.8. The zero-order valence-electron chi connectivity index (χ0n) is 11.6. The SMILES string of the molecule is CC1(CO)CCCC2(C)C3=C(CC(O)C12)C(=O)OC3. The van der Waals surface area contributed by atoms with Gasteiger partial charge in [-0.25, -0.2) is 4.79 Å². The molecule has 0 saturated heterocycles. The van der Waals surface area contributed by atoms with E-state index in [1.807, 2.05) is 0 Å². The van der Waals surface area contributed by atoms with Crippen LogP contribution in [0, 0.1) is 16.7 Å². The molecule has 3 aliphatic rings. The highest BCUT2D eigenvalue weighted by molar-refractivity contribution is 5.92. The third-order valence-electron chi connectivity index (χ3n) is 5.69. The van der Waals surface area contributed by atoms with E-state index in [-0.39, 0.29) is 29.3 Å². The van der Waals surface area contributed by atoms with Crippen LogP contribution in [0.3, 0.4) is 0 Å². The Morgan fingerprint density at radius 3 is 2.79 bits per heavy atom. The van der Waals surface area contributed by atoms with Crippen molar-refractivity contribution in [2.24, 2.45) is 16.7 Å². The van der Waals surface area contributed by atoms with E-state index in [2.05, 4.69) is 13.8 Å². The molecule has 106 valence electrons. The van der Waals surface area contributed by atoms with Crippen molar-refractivity contribution in [1.82, 2.24) is 0 Å². The number of esters is 1. The quantitative estimate of drug-likeness (QED) is 0.704. The van der Waals surface area contributed by atoms with E-state index >= 15 is 0 Å². The van der Waals surface area contributed by atoms with Crippen molar-refractivity contribution in [3.05, 3.63) is 11.1 Å². The summed E-state index contributed by atoms with van der Waals surface area (Å²) in [6.07, 6.45) is 2.72. The number of ether oxygens (including phenoxy) is 1. The van der Waals surface area contributed by atoms with Gasteiger partial charge in [0.15, 0.2) is 0 Å². The lowest BCUT2D eigenvalue weighted by atomic mass is 9.49. The Labute approximate surface area is 113 Å². The van der Waals surface area contributed by atoms with Crippen molar-refractivity contribution in [2.45, 2.75) is 45.6 Å². The lowest BCUT2D eigenvalue weighted by Crippen LogP contribution is -2.54. The first-order valence-corrected chi connectivity index (χ1v) is 7.11. The number of cyclic esters (lactones) is 1. The second-order valence-electron chi connectivity index (χ2n) is 6.87. The van der Waals surface area contributed by atoms with Crippen LogP contribution in [0.2, 0.25) is 0 Å². The van der Waals surface area contributed by atoms with E-state index in [1.165, 1.54) is 0 Å². The zero-order valence-corrected chi connectivity index (χ0v) is 11.6. The summed E-state index contributed by atoms with van der Waals surface area (Å²) in [5.74, 6) is -0.253. The number of aliphatic hydroxyl groups is 2. The Bertz CT molecular complexity index is 455. The maximum atomic E-state index is 11.8. The highest BCUT2D eigenvalue weighted by Crippen LogP contribution is 2.60. The average molecular weight is 266 g/mol. The van der Waals surface area contributed by atoms with Crippen molar-refractivity contribution >= 4 is 5.97 Å². The first-order chi connectivity index (χ1) is 8.92. The summed E-state index contributed by atoms with van der Waals surface area (Å²) >= 11 is 0. The number of hydrogen-bond donors (Lipinski definition) is 2. The van der Waals surface area contributed by atoms with Gasteiger partial charge in [-0.05, 0) is 29.2 Å². The summed E-state index contributed by atoms with van der Waals surface area (Å²) in [6, 6.07) is 0. The molecule has 1 saturated carbocycles. The van der Waals surface area contributed by atoms with Gasteiger partial charge in [-0.15, -0.1) is 0 Å². The van der Waals surface area contributed by atoms with Gasteiger partial charge in [-0.1, -0.05) is 20.3 Å². The summed E-state index contributed by atoms with van der Waals surface area (Å²) in [6.45, 7) is 4.64. The van der Waals surface area contributed by atoms with Crippen LogP contribution in [0.15, 0.2) is 11.1 Å². The van der Waals surface area contributed by atoms with E-state index in [9.17, 15) is 15.0 Å². The monoisotopic (exact) mass is 266 g/mol. The van der Waals surface area contributed by atoms with Crippen molar-refractivity contribution in [3.8, 4) is 0 Å². The molecule has 0 aromatic carbocycles. The Kier molecular flexibility index (Phi) is 2.81. The minimum atomic E-state index is -0.563. The van der Waals surface area contributed by atoms with Gasteiger partial charge < -0.3 is 14.9 Å². The molecule has 4 heteroatoms. The van der Waals surface area contributed by atoms with Crippen molar-refractivity contribution in [3.63, 3.8) is 0 Å². The minimum absolute atomic E-state index is 0.00648. The number of aliphatic hydroxyl groups excluding tert-OH is 2. The second kappa shape index (κ2) is 4.06. The van der Waals surface area contributed by atoms with E-state index in [0.29, 0.717) is 18.6 Å². The molecule has 1 heterocycles. The third-order valence-corrected chi connectivity index (χ3v) is 5.69. The van der Waals surface area contributed by atoms with Crippen LogP contribution in [0.5, 0.6) is 0 Å². The molecule has 1 aliphatic heterocycles. The molecule has 4 unspecified atom stereocenters. The number of fused-ring (bicyclic) bond motifs is 2. The van der Waals surface area contributed by atoms with Gasteiger partial charge in [0.1, 0.15) is 6.61 Å². The lowest BCUT2D eigenvalue weighted by molar-refractivity contribution is -0.136. The summed E-state index contributed by atoms with van der Waals surface area (Å²) in [5, 5.41) is 20.3. The van der Waals surface area contributed by atoms with Crippen molar-refractivity contribution in [2.75, 3.05) is 13.2 Å². The molecule has 4 atom stereocenters. The van der Waals surface area contributed by atoms with Gasteiger partial charge in [-0.2, -0.15) is 0 Å². The van der Waals surface area contributed by atoms with Gasteiger partial charge >= 0.3 is 5.97 Å². The average Bonchev–Trinajstić information content (AvgIpc) is 2.71. The molecule has 4 nitrogen and oxygen atoms in total. The van der Waals surface area contributed by atoms with Crippen LogP contribution < -0.4 is 0 Å². The Morgan fingerprint density at radius 2 is 2.11 bits per heavy atom. The van der Waals surface area contributed by atoms with Crippen molar-refractivity contribution < 1.29 is 19.7 Å². The molecule has 0 radical (unpaired) electrons. The van der Waals surface area contributed by atoms with Crippen LogP contribution in [0.25, 0.3) is 0 Å². The zero-order chi connectivity index (χ0) is 13.8. The highest BCUT2D eigenvalue weighted by atomic mass is 16.5. The lowest BCUT2D eigenvalue weighted by Gasteiger charge is -2.56. The van der Waals surface area contributed by atoms with Crippen LogP contribution in [-0.4, -0.2) is 35.5 Å². The van der Waals surface area contributed by atoms with Crippen LogP contribution in [0.1, 0.15) is 39.5 Å². The normalized spacial score (nSPS) is 45.8. The summed E-state index contributed by atoms with van der Waals surface area (Å²) < 4.78 is 5.18. The first kappa shape index (κ1) is 13.1. The molecule has 0 spiro atoms. The number of carbonyl (C=O) groups excluding carboxylic acids is 1. The van der Waals surface area contributed by atoms with E-state index < -0.39 is 6.10 Å². The highest BCUT2D eigenvalue weighted by Gasteiger charge is 2.58. The third kappa shape index (κ3) is 1.62. The van der Waals surface area contributed by atoms with Gasteiger partial charge in [0.25, 0.3) is 0 Å². The minimum Gasteiger partial charge on any atom is -0.458 e. The van der Waals surface area contributed by atoms with Gasteiger partial charge in [0.05, 0.1) is 6.10 Å². The fraction of sp³-hybridized carbons (Fsp3) is 0.800. The molecule has 0 amide bonds. The molecule has 0 aromatic rings. The number of carbonyl (C=O) groups is 1. The fourth-order valence-electron chi connectivity index (χ4n) is 4.82. The second-order valence-corrected chi connectivity index (χ2v) is 6.87. The first-order valence-electron chi connectivity index (χ1n) is 7.11. The molecule has 19 heavy (non-hydrogen) atoms. The smallest absolute Gasteiger partial charge is 0.334 e. The van der Waals surface area contributed by atoms with Gasteiger partial charge in [-0.3, -0.25) is 0 Å². The summed E-state index contributed by atoms with van der Waals surface area (Å²) in [7, 11) is 0. The van der Waals surface area contributed by atoms with E-state index in [0.717, 1.165) is 24.8 Å². The molecule has 0 aromatic heterocycles. The summed E-state index contributed by atoms with van der Waals surface area (Å²) in [4.78, 5) is 11.8. The Balaban J connectivity index is 2.10. The molecular weight excluding hydrogens is 244 g/mol. The molecule has 3 rings (SSSR count). The Hall–Kier alpha value is -0.870. The molecular formula is C15H22O4. The Morgan fingerprint density at radius 1 is 1.37 bits per heavy atom. The van der Waals surface area contributed by atoms with E-state index in [4.69, 9.17) is 4.74 Å². The predicted octanol–water partition coefficient (Wildman–Crippen LogP) is 1.41. The predicted molar refractivity (Wildman–Crippen MR) is 69.2 cm³/mol. The van der Waals surface area contributed by atoms with Crippen molar-refractivity contribution in [1.29, 1.82) is 0 Å². The van der Waals surface area contributed by atoms with Gasteiger partial charge in [0.2, 0.25) is 0 Å². The van der Waals surface area contributed by atoms with Crippen LogP contribution in [-0.2, 0) is 9.53 Å². The van der Waals surface area contributed by atoms with Crippen LogP contribution in [0.4, 0.5) is 0 Å². The standard InChI is InChI=1S/C15H22O4/c1-14(8-16)4-3-5-15(2)10-7-19-13(18)9(10)6-11(17)12(14)15/h11-12,16-17H,3-8H2,1-2H3. The molecule has 0 bridgehead atoms. The maximum Gasteiger partial charge on any atom is 0.334 e. The number of hydrogen-bond acceptors (Lipinski definition) is 4. The van der Waals surface area contributed by atoms with E-state index in [1.54, 1.807) is 0 Å². The summed E-state index contributed by atoms with van der Waals surface area (Å²) in [5.41, 5.74) is 1.28.